The minimum Gasteiger partial charge on any atom is -0.507 e. The third kappa shape index (κ3) is 3.29. The summed E-state index contributed by atoms with van der Waals surface area (Å²) in [5.41, 5.74) is 1.65. The van der Waals surface area contributed by atoms with Gasteiger partial charge < -0.3 is 10.2 Å². The average Bonchev–Trinajstić information content (AvgIpc) is 3.01. The summed E-state index contributed by atoms with van der Waals surface area (Å²) in [6, 6.07) is 5.58. The van der Waals surface area contributed by atoms with Crippen LogP contribution < -0.4 is 0 Å². The Morgan fingerprint density at radius 2 is 1.81 bits per heavy atom. The number of hydrogen-bond acceptors (Lipinski definition) is 3. The first kappa shape index (κ1) is 21.5. The molecule has 0 unspecified atom stereocenters. The number of rotatable bonds is 3. The van der Waals surface area contributed by atoms with Crippen LogP contribution in [-0.2, 0) is 0 Å². The molecule has 0 aliphatic heterocycles. The van der Waals surface area contributed by atoms with Gasteiger partial charge in [0.05, 0.1) is 12.1 Å². The Labute approximate surface area is 188 Å². The Bertz CT molecular complexity index is 865. The summed E-state index contributed by atoms with van der Waals surface area (Å²) in [5, 5.41) is 22.0. The van der Waals surface area contributed by atoms with Gasteiger partial charge in [0.2, 0.25) is 0 Å². The number of fused-ring (bicyclic) bond motifs is 5. The van der Waals surface area contributed by atoms with Crippen LogP contribution in [-0.4, -0.2) is 28.6 Å². The van der Waals surface area contributed by atoms with Crippen molar-refractivity contribution < 1.29 is 10.2 Å². The molecule has 0 bridgehead atoms. The van der Waals surface area contributed by atoms with Crippen LogP contribution >= 0.6 is 0 Å². The van der Waals surface area contributed by atoms with E-state index in [1.165, 1.54) is 44.9 Å². The van der Waals surface area contributed by atoms with Crippen LogP contribution in [0.1, 0.15) is 89.2 Å². The zero-order valence-electron chi connectivity index (χ0n) is 19.7. The van der Waals surface area contributed by atoms with Gasteiger partial charge in [-0.15, -0.1) is 0 Å². The summed E-state index contributed by atoms with van der Waals surface area (Å²) < 4.78 is 0. The fourth-order valence-corrected chi connectivity index (χ4v) is 8.74. The van der Waals surface area contributed by atoms with Gasteiger partial charge >= 0.3 is 0 Å². The molecule has 4 aliphatic carbocycles. The molecular formula is C28H41NO2. The fraction of sp³-hybridized carbons (Fsp3) is 0.750. The number of phenols is 1. The topological polar surface area (TPSA) is 52.8 Å². The van der Waals surface area contributed by atoms with Gasteiger partial charge in [-0.3, -0.25) is 4.99 Å². The molecule has 0 aromatic heterocycles. The molecule has 0 saturated heterocycles. The first-order chi connectivity index (χ1) is 14.8. The van der Waals surface area contributed by atoms with Crippen molar-refractivity contribution >= 4 is 6.21 Å². The number of aliphatic imine (C=N–C) groups is 1. The van der Waals surface area contributed by atoms with Crippen LogP contribution in [0.3, 0.4) is 0 Å². The number of nitrogens with zero attached hydrogens (tertiary/aromatic N) is 1. The smallest absolute Gasteiger partial charge is 0.124 e. The molecule has 0 spiro atoms. The molecule has 1 aromatic carbocycles. The summed E-state index contributed by atoms with van der Waals surface area (Å²) >= 11 is 0. The van der Waals surface area contributed by atoms with Crippen molar-refractivity contribution in [2.45, 2.75) is 90.6 Å². The molecule has 4 saturated carbocycles. The predicted octanol–water partition coefficient (Wildman–Crippen LogP) is 6.28. The fourth-order valence-electron chi connectivity index (χ4n) is 8.74. The lowest BCUT2D eigenvalue weighted by Gasteiger charge is -2.61. The van der Waals surface area contributed by atoms with Crippen LogP contribution in [0.2, 0.25) is 0 Å². The highest BCUT2D eigenvalue weighted by Gasteiger charge is 2.64. The van der Waals surface area contributed by atoms with Crippen LogP contribution in [0.15, 0.2) is 23.2 Å². The molecule has 0 amide bonds. The first-order valence-corrected chi connectivity index (χ1v) is 12.8. The Hall–Kier alpha value is -1.35. The van der Waals surface area contributed by atoms with Crippen molar-refractivity contribution in [3.8, 4) is 5.75 Å². The van der Waals surface area contributed by atoms with Crippen molar-refractivity contribution in [2.75, 3.05) is 6.54 Å². The molecule has 4 aliphatic rings. The normalized spacial score (nSPS) is 44.6. The number of benzene rings is 1. The summed E-state index contributed by atoms with van der Waals surface area (Å²) in [7, 11) is 0. The van der Waals surface area contributed by atoms with E-state index in [9.17, 15) is 10.2 Å². The Balaban J connectivity index is 1.35. The zero-order chi connectivity index (χ0) is 21.9. The minimum absolute atomic E-state index is 0.0297. The van der Waals surface area contributed by atoms with E-state index < -0.39 is 5.60 Å². The highest BCUT2D eigenvalue weighted by molar-refractivity contribution is 5.83. The van der Waals surface area contributed by atoms with E-state index in [0.29, 0.717) is 17.9 Å². The number of phenolic OH excluding ortho intramolecular Hbond substituents is 1. The summed E-state index contributed by atoms with van der Waals surface area (Å²) in [6.07, 6.45) is 14.7. The highest BCUT2D eigenvalue weighted by Crippen LogP contribution is 2.68. The van der Waals surface area contributed by atoms with E-state index in [0.717, 1.165) is 48.1 Å². The second kappa shape index (κ2) is 7.61. The number of aliphatic hydroxyl groups is 1. The standard InChI is InChI=1S/C28H41NO2/c1-19-7-10-25(30)20(16-19)17-29-18-28(31)15-12-24-22-9-8-21-6-4-5-13-26(21,2)23(22)11-14-27(24,28)3/h7,10,16-17,21-24,30-31H,4-6,8-9,11-15,18H2,1-3H3/t21-,22+,23-,24-,26-,27-,28-/m0/s1. The third-order valence-electron chi connectivity index (χ3n) is 10.7. The van der Waals surface area contributed by atoms with E-state index >= 15 is 0 Å². The van der Waals surface area contributed by atoms with E-state index in [2.05, 4.69) is 18.8 Å². The van der Waals surface area contributed by atoms with E-state index in [1.807, 2.05) is 19.1 Å². The van der Waals surface area contributed by atoms with Gasteiger partial charge in [0.15, 0.2) is 0 Å². The van der Waals surface area contributed by atoms with Gasteiger partial charge in [0.1, 0.15) is 5.75 Å². The van der Waals surface area contributed by atoms with Crippen molar-refractivity contribution in [1.82, 2.24) is 0 Å². The van der Waals surface area contributed by atoms with Crippen LogP contribution in [0, 0.1) is 41.4 Å². The lowest BCUT2D eigenvalue weighted by atomic mass is 9.44. The molecule has 2 N–H and O–H groups in total. The second-order valence-corrected chi connectivity index (χ2v) is 12.0. The molecular weight excluding hydrogens is 382 g/mol. The second-order valence-electron chi connectivity index (χ2n) is 12.0. The van der Waals surface area contributed by atoms with Crippen LogP contribution in [0.5, 0.6) is 5.75 Å². The van der Waals surface area contributed by atoms with Gasteiger partial charge in [0, 0.05) is 17.2 Å². The quantitative estimate of drug-likeness (QED) is 0.562. The molecule has 4 fully saturated rings. The Morgan fingerprint density at radius 1 is 1.00 bits per heavy atom. The van der Waals surface area contributed by atoms with Crippen molar-refractivity contribution in [3.05, 3.63) is 29.3 Å². The van der Waals surface area contributed by atoms with Gasteiger partial charge in [-0.1, -0.05) is 38.3 Å². The van der Waals surface area contributed by atoms with Crippen molar-refractivity contribution in [2.24, 2.45) is 39.5 Å². The lowest BCUT2D eigenvalue weighted by Crippen LogP contribution is -2.56. The highest BCUT2D eigenvalue weighted by atomic mass is 16.3. The summed E-state index contributed by atoms with van der Waals surface area (Å²) in [5.74, 6) is 3.49. The maximum Gasteiger partial charge on any atom is 0.124 e. The Morgan fingerprint density at radius 3 is 2.65 bits per heavy atom. The molecule has 7 atom stereocenters. The molecule has 3 heteroatoms. The molecule has 170 valence electrons. The van der Waals surface area contributed by atoms with Crippen molar-refractivity contribution in [1.29, 1.82) is 0 Å². The van der Waals surface area contributed by atoms with Gasteiger partial charge in [-0.05, 0) is 99.5 Å². The van der Waals surface area contributed by atoms with Crippen LogP contribution in [0.25, 0.3) is 0 Å². The van der Waals surface area contributed by atoms with Crippen LogP contribution in [0.4, 0.5) is 0 Å². The van der Waals surface area contributed by atoms with Gasteiger partial charge in [-0.25, -0.2) is 0 Å². The SMILES string of the molecule is Cc1ccc(O)c(C=NC[C@@]2(O)CC[C@H]3[C@@H]4CC[C@@H]5CCCC[C@]5(C)[C@H]4CC[C@@]32C)c1. The number of hydrogen-bond donors (Lipinski definition) is 2. The average molecular weight is 424 g/mol. The summed E-state index contributed by atoms with van der Waals surface area (Å²) in [4.78, 5) is 4.68. The van der Waals surface area contributed by atoms with E-state index in [1.54, 1.807) is 12.3 Å². The third-order valence-corrected chi connectivity index (χ3v) is 10.7. The maximum atomic E-state index is 11.9. The van der Waals surface area contributed by atoms with Gasteiger partial charge in [0.25, 0.3) is 0 Å². The molecule has 5 rings (SSSR count). The van der Waals surface area contributed by atoms with E-state index in [4.69, 9.17) is 0 Å². The number of aromatic hydroxyl groups is 1. The number of aryl methyl sites for hydroxylation is 1. The largest absolute Gasteiger partial charge is 0.507 e. The molecule has 0 radical (unpaired) electrons. The first-order valence-electron chi connectivity index (χ1n) is 12.8. The minimum atomic E-state index is -0.719. The molecule has 31 heavy (non-hydrogen) atoms. The molecule has 0 heterocycles. The lowest BCUT2D eigenvalue weighted by molar-refractivity contribution is -0.147. The maximum absolute atomic E-state index is 11.9. The predicted molar refractivity (Wildman–Crippen MR) is 127 cm³/mol. The molecule has 3 nitrogen and oxygen atoms in total. The van der Waals surface area contributed by atoms with E-state index in [-0.39, 0.29) is 11.2 Å². The molecule has 1 aromatic rings. The zero-order valence-corrected chi connectivity index (χ0v) is 19.7. The Kier molecular flexibility index (Phi) is 5.28. The monoisotopic (exact) mass is 423 g/mol. The van der Waals surface area contributed by atoms with Crippen molar-refractivity contribution in [3.63, 3.8) is 0 Å². The van der Waals surface area contributed by atoms with Gasteiger partial charge in [-0.2, -0.15) is 0 Å². The summed E-state index contributed by atoms with van der Waals surface area (Å²) in [6.45, 7) is 7.46.